The summed E-state index contributed by atoms with van der Waals surface area (Å²) in [5.74, 6) is -1.18. The molecule has 1 aromatic rings. The zero-order valence-corrected chi connectivity index (χ0v) is 14.6. The molecule has 1 saturated heterocycles. The van der Waals surface area contributed by atoms with Gasteiger partial charge in [-0.25, -0.2) is 0 Å². The van der Waals surface area contributed by atoms with Crippen molar-refractivity contribution in [3.8, 4) is 0 Å². The lowest BCUT2D eigenvalue weighted by molar-refractivity contribution is -0.384. The van der Waals surface area contributed by atoms with E-state index in [1.807, 2.05) is 0 Å². The number of amides is 1. The van der Waals surface area contributed by atoms with Crippen molar-refractivity contribution in [2.45, 2.75) is 25.3 Å². The average Bonchev–Trinajstić information content (AvgIpc) is 2.79. The van der Waals surface area contributed by atoms with Gasteiger partial charge in [0.2, 0.25) is 0 Å². The van der Waals surface area contributed by atoms with Crippen LogP contribution in [0.25, 0.3) is 0 Å². The largest absolute Gasteiger partial charge is 0.480 e. The fraction of sp³-hybridized carbons (Fsp3) is 0.500. The maximum Gasteiger partial charge on any atom is 0.317 e. The van der Waals surface area contributed by atoms with E-state index < -0.39 is 10.9 Å². The second-order valence-electron chi connectivity index (χ2n) is 6.14. The number of halogens is 1. The molecule has 1 unspecified atom stereocenters. The van der Waals surface area contributed by atoms with Gasteiger partial charge in [-0.1, -0.05) is 11.6 Å². The number of non-ortho nitro benzene ring substituents is 1. The molecule has 1 fully saturated rings. The standard InChI is InChI=1S/C16H20ClN3O5/c1-18(10-15(21)22)13-3-2-5-19(6-4-13)16(23)11-7-12(17)9-14(8-11)20(24)25/h7-9,13H,2-6,10H2,1H3,(H,21,22). The Kier molecular flexibility index (Phi) is 6.33. The molecule has 1 aromatic carbocycles. The second kappa shape index (κ2) is 8.26. The molecule has 1 heterocycles. The Morgan fingerprint density at radius 2 is 2.08 bits per heavy atom. The number of likely N-dealkylation sites (N-methyl/N-ethyl adjacent to an activating group) is 1. The second-order valence-corrected chi connectivity index (χ2v) is 6.58. The maximum absolute atomic E-state index is 12.7. The molecule has 25 heavy (non-hydrogen) atoms. The van der Waals surface area contributed by atoms with Gasteiger partial charge in [0.05, 0.1) is 11.5 Å². The van der Waals surface area contributed by atoms with Gasteiger partial charge < -0.3 is 10.0 Å². The summed E-state index contributed by atoms with van der Waals surface area (Å²) < 4.78 is 0. The summed E-state index contributed by atoms with van der Waals surface area (Å²) in [7, 11) is 1.76. The Morgan fingerprint density at radius 3 is 2.72 bits per heavy atom. The summed E-state index contributed by atoms with van der Waals surface area (Å²) >= 11 is 5.89. The van der Waals surface area contributed by atoms with E-state index in [1.54, 1.807) is 16.8 Å². The number of nitro groups is 1. The number of carbonyl (C=O) groups is 2. The Balaban J connectivity index is 2.08. The minimum absolute atomic E-state index is 0.0426. The first-order valence-electron chi connectivity index (χ1n) is 7.94. The van der Waals surface area contributed by atoms with Crippen LogP contribution >= 0.6 is 11.6 Å². The number of carboxylic acid groups (broad SMARTS) is 1. The van der Waals surface area contributed by atoms with E-state index in [4.69, 9.17) is 16.7 Å². The Bertz CT molecular complexity index is 682. The number of nitro benzene ring substituents is 1. The molecule has 1 aliphatic rings. The molecule has 0 spiro atoms. The third kappa shape index (κ3) is 5.14. The number of carboxylic acids is 1. The predicted molar refractivity (Wildman–Crippen MR) is 91.9 cm³/mol. The lowest BCUT2D eigenvalue weighted by Crippen LogP contribution is -2.37. The molecule has 0 saturated carbocycles. The van der Waals surface area contributed by atoms with E-state index in [1.165, 1.54) is 18.2 Å². The molecular weight excluding hydrogens is 350 g/mol. The van der Waals surface area contributed by atoms with Gasteiger partial charge in [0.1, 0.15) is 0 Å². The normalized spacial score (nSPS) is 18.0. The molecular formula is C16H20ClN3O5. The molecule has 1 N–H and O–H groups in total. The number of likely N-dealkylation sites (tertiary alicyclic amines) is 1. The number of nitrogens with zero attached hydrogens (tertiary/aromatic N) is 3. The van der Waals surface area contributed by atoms with Gasteiger partial charge in [0.25, 0.3) is 11.6 Å². The van der Waals surface area contributed by atoms with Crippen molar-refractivity contribution in [3.63, 3.8) is 0 Å². The minimum atomic E-state index is -0.883. The summed E-state index contributed by atoms with van der Waals surface area (Å²) in [6, 6.07) is 3.95. The summed E-state index contributed by atoms with van der Waals surface area (Å²) in [5, 5.41) is 20.0. The van der Waals surface area contributed by atoms with Crippen LogP contribution in [-0.2, 0) is 4.79 Å². The SMILES string of the molecule is CN(CC(=O)O)C1CCCN(C(=O)c2cc(Cl)cc([N+](=O)[O-])c2)CC1. The van der Waals surface area contributed by atoms with Crippen LogP contribution in [0.1, 0.15) is 29.6 Å². The lowest BCUT2D eigenvalue weighted by atomic mass is 10.1. The van der Waals surface area contributed by atoms with Crippen LogP contribution in [0.15, 0.2) is 18.2 Å². The first-order valence-corrected chi connectivity index (χ1v) is 8.32. The van der Waals surface area contributed by atoms with E-state index >= 15 is 0 Å². The van der Waals surface area contributed by atoms with E-state index in [-0.39, 0.29) is 34.8 Å². The fourth-order valence-corrected chi connectivity index (χ4v) is 3.28. The highest BCUT2D eigenvalue weighted by atomic mass is 35.5. The third-order valence-corrected chi connectivity index (χ3v) is 4.55. The van der Waals surface area contributed by atoms with Gasteiger partial charge in [-0.2, -0.15) is 0 Å². The van der Waals surface area contributed by atoms with Crippen LogP contribution in [0, 0.1) is 10.1 Å². The van der Waals surface area contributed by atoms with Crippen molar-refractivity contribution in [1.29, 1.82) is 0 Å². The van der Waals surface area contributed by atoms with Gasteiger partial charge in [-0.3, -0.25) is 24.6 Å². The summed E-state index contributed by atoms with van der Waals surface area (Å²) in [6.07, 6.45) is 2.18. The number of aliphatic carboxylic acids is 1. The molecule has 0 aliphatic carbocycles. The van der Waals surface area contributed by atoms with Crippen LogP contribution in [0.4, 0.5) is 5.69 Å². The molecule has 0 aromatic heterocycles. The first kappa shape index (κ1) is 19.1. The molecule has 9 heteroatoms. The zero-order chi connectivity index (χ0) is 18.6. The van der Waals surface area contributed by atoms with Crippen LogP contribution < -0.4 is 0 Å². The van der Waals surface area contributed by atoms with Crippen molar-refractivity contribution in [1.82, 2.24) is 9.80 Å². The van der Waals surface area contributed by atoms with Gasteiger partial charge in [0, 0.05) is 41.9 Å². The molecule has 2 rings (SSSR count). The van der Waals surface area contributed by atoms with Crippen molar-refractivity contribution in [2.24, 2.45) is 0 Å². The van der Waals surface area contributed by atoms with Crippen molar-refractivity contribution in [2.75, 3.05) is 26.7 Å². The Labute approximate surface area is 150 Å². The minimum Gasteiger partial charge on any atom is -0.480 e. The molecule has 1 atom stereocenters. The zero-order valence-electron chi connectivity index (χ0n) is 13.9. The molecule has 0 radical (unpaired) electrons. The highest BCUT2D eigenvalue weighted by Gasteiger charge is 2.25. The van der Waals surface area contributed by atoms with E-state index in [0.29, 0.717) is 19.5 Å². The number of carbonyl (C=O) groups excluding carboxylic acids is 1. The predicted octanol–water partition coefficient (Wildman–Crippen LogP) is 2.26. The van der Waals surface area contributed by atoms with Crippen molar-refractivity contribution in [3.05, 3.63) is 38.9 Å². The smallest absolute Gasteiger partial charge is 0.317 e. The topological polar surface area (TPSA) is 104 Å². The van der Waals surface area contributed by atoms with E-state index in [2.05, 4.69) is 0 Å². The third-order valence-electron chi connectivity index (χ3n) is 4.33. The van der Waals surface area contributed by atoms with Crippen LogP contribution in [0.5, 0.6) is 0 Å². The van der Waals surface area contributed by atoms with Crippen molar-refractivity contribution >= 4 is 29.2 Å². The van der Waals surface area contributed by atoms with Gasteiger partial charge in [-0.05, 0) is 32.4 Å². The number of benzene rings is 1. The summed E-state index contributed by atoms with van der Waals surface area (Å²) in [4.78, 5) is 37.3. The van der Waals surface area contributed by atoms with Crippen molar-refractivity contribution < 1.29 is 19.6 Å². The Hall–Kier alpha value is -2.19. The quantitative estimate of drug-likeness (QED) is 0.630. The van der Waals surface area contributed by atoms with Gasteiger partial charge in [-0.15, -0.1) is 0 Å². The fourth-order valence-electron chi connectivity index (χ4n) is 3.05. The number of hydrogen-bond acceptors (Lipinski definition) is 5. The average molecular weight is 370 g/mol. The Morgan fingerprint density at radius 1 is 1.36 bits per heavy atom. The first-order chi connectivity index (χ1) is 11.8. The summed E-state index contributed by atoms with van der Waals surface area (Å²) in [6.45, 7) is 0.948. The highest BCUT2D eigenvalue weighted by molar-refractivity contribution is 6.31. The number of hydrogen-bond donors (Lipinski definition) is 1. The molecule has 1 amide bonds. The lowest BCUT2D eigenvalue weighted by Gasteiger charge is -2.25. The number of rotatable bonds is 5. The van der Waals surface area contributed by atoms with Crippen LogP contribution in [0.3, 0.4) is 0 Å². The van der Waals surface area contributed by atoms with Gasteiger partial charge in [0.15, 0.2) is 0 Å². The molecule has 0 bridgehead atoms. The van der Waals surface area contributed by atoms with Crippen LogP contribution in [-0.4, -0.2) is 64.4 Å². The van der Waals surface area contributed by atoms with E-state index in [0.717, 1.165) is 12.8 Å². The van der Waals surface area contributed by atoms with E-state index in [9.17, 15) is 19.7 Å². The van der Waals surface area contributed by atoms with Crippen LogP contribution in [0.2, 0.25) is 5.02 Å². The van der Waals surface area contributed by atoms with Gasteiger partial charge >= 0.3 is 5.97 Å². The molecule has 136 valence electrons. The highest BCUT2D eigenvalue weighted by Crippen LogP contribution is 2.23. The maximum atomic E-state index is 12.7. The monoisotopic (exact) mass is 369 g/mol. The molecule has 1 aliphatic heterocycles. The summed E-state index contributed by atoms with van der Waals surface area (Å²) in [5.41, 5.74) is -0.0266. The molecule has 8 nitrogen and oxygen atoms in total.